The Morgan fingerprint density at radius 2 is 1.78 bits per heavy atom. The van der Waals surface area contributed by atoms with Crippen LogP contribution in [0.25, 0.3) is 0 Å². The maximum atomic E-state index is 12.3. The van der Waals surface area contributed by atoms with Crippen molar-refractivity contribution in [2.75, 3.05) is 26.2 Å². The Bertz CT molecular complexity index is 528. The van der Waals surface area contributed by atoms with Crippen molar-refractivity contribution in [3.63, 3.8) is 0 Å². The zero-order valence-corrected chi connectivity index (χ0v) is 14.6. The lowest BCUT2D eigenvalue weighted by molar-refractivity contribution is -0.131. The van der Waals surface area contributed by atoms with Gasteiger partial charge in [-0.3, -0.25) is 9.69 Å². The summed E-state index contributed by atoms with van der Waals surface area (Å²) in [5.41, 5.74) is 2.82. The van der Waals surface area contributed by atoms with Gasteiger partial charge in [0.15, 0.2) is 0 Å². The Labute approximate surface area is 140 Å². The van der Waals surface area contributed by atoms with Gasteiger partial charge in [0.05, 0.1) is 0 Å². The molecule has 0 spiro atoms. The van der Waals surface area contributed by atoms with Crippen LogP contribution in [0.15, 0.2) is 24.3 Å². The van der Waals surface area contributed by atoms with Gasteiger partial charge in [0.25, 0.3) is 0 Å². The summed E-state index contributed by atoms with van der Waals surface area (Å²) in [6.45, 7) is 8.73. The average Bonchev–Trinajstić information content (AvgIpc) is 3.10. The van der Waals surface area contributed by atoms with E-state index in [1.54, 1.807) is 0 Å². The summed E-state index contributed by atoms with van der Waals surface area (Å²) in [7, 11) is 0. The zero-order chi connectivity index (χ0) is 16.2. The maximum Gasteiger partial charge on any atom is 0.222 e. The molecule has 1 atom stereocenters. The van der Waals surface area contributed by atoms with Gasteiger partial charge in [-0.2, -0.15) is 0 Å². The molecule has 0 bridgehead atoms. The highest BCUT2D eigenvalue weighted by Gasteiger charge is 2.27. The fraction of sp³-hybridized carbons (Fsp3) is 0.650. The van der Waals surface area contributed by atoms with Gasteiger partial charge in [-0.25, -0.2) is 0 Å². The fourth-order valence-corrected chi connectivity index (χ4v) is 4.14. The van der Waals surface area contributed by atoms with E-state index in [4.69, 9.17) is 0 Å². The first-order valence-electron chi connectivity index (χ1n) is 9.22. The zero-order valence-electron chi connectivity index (χ0n) is 14.6. The SMILES string of the molecule is Cc1ccccc1[C@@H](C)N1CCC(CC(=O)N2CCCC2)CC1. The first-order valence-corrected chi connectivity index (χ1v) is 9.22. The van der Waals surface area contributed by atoms with Gasteiger partial charge in [0.1, 0.15) is 0 Å². The number of amides is 1. The molecule has 1 aromatic carbocycles. The Kier molecular flexibility index (Phi) is 5.37. The number of carbonyl (C=O) groups excluding carboxylic acids is 1. The van der Waals surface area contributed by atoms with E-state index >= 15 is 0 Å². The van der Waals surface area contributed by atoms with Crippen molar-refractivity contribution < 1.29 is 4.79 Å². The van der Waals surface area contributed by atoms with Crippen molar-refractivity contribution in [1.29, 1.82) is 0 Å². The molecule has 23 heavy (non-hydrogen) atoms. The van der Waals surface area contributed by atoms with Crippen LogP contribution < -0.4 is 0 Å². The topological polar surface area (TPSA) is 23.6 Å². The quantitative estimate of drug-likeness (QED) is 0.844. The number of aryl methyl sites for hydroxylation is 1. The van der Waals surface area contributed by atoms with Crippen LogP contribution in [0.3, 0.4) is 0 Å². The van der Waals surface area contributed by atoms with E-state index in [2.05, 4.69) is 47.9 Å². The van der Waals surface area contributed by atoms with Crippen molar-refractivity contribution in [2.24, 2.45) is 5.92 Å². The number of likely N-dealkylation sites (tertiary alicyclic amines) is 2. The molecule has 2 aliphatic heterocycles. The van der Waals surface area contributed by atoms with Crippen molar-refractivity contribution in [1.82, 2.24) is 9.80 Å². The number of hydrogen-bond acceptors (Lipinski definition) is 2. The van der Waals surface area contributed by atoms with E-state index in [0.717, 1.165) is 45.4 Å². The predicted octanol–water partition coefficient (Wildman–Crippen LogP) is 3.78. The highest BCUT2D eigenvalue weighted by Crippen LogP contribution is 2.30. The number of hydrogen-bond donors (Lipinski definition) is 0. The highest BCUT2D eigenvalue weighted by atomic mass is 16.2. The van der Waals surface area contributed by atoms with E-state index in [-0.39, 0.29) is 0 Å². The standard InChI is InChI=1S/C20H30N2O/c1-16-7-3-4-8-19(16)17(2)21-13-9-18(10-14-21)15-20(23)22-11-5-6-12-22/h3-4,7-8,17-18H,5-6,9-15H2,1-2H3/t17-/m1/s1. The normalized spacial score (nSPS) is 21.6. The number of carbonyl (C=O) groups is 1. The first-order chi connectivity index (χ1) is 11.1. The third-order valence-corrected chi connectivity index (χ3v) is 5.76. The monoisotopic (exact) mass is 314 g/mol. The van der Waals surface area contributed by atoms with Crippen LogP contribution in [0, 0.1) is 12.8 Å². The second kappa shape index (κ2) is 7.48. The second-order valence-electron chi connectivity index (χ2n) is 7.30. The smallest absolute Gasteiger partial charge is 0.222 e. The van der Waals surface area contributed by atoms with Crippen LogP contribution in [0.2, 0.25) is 0 Å². The van der Waals surface area contributed by atoms with Gasteiger partial charge in [-0.15, -0.1) is 0 Å². The van der Waals surface area contributed by atoms with Crippen LogP contribution >= 0.6 is 0 Å². The molecule has 3 rings (SSSR count). The number of nitrogens with zero attached hydrogens (tertiary/aromatic N) is 2. The third-order valence-electron chi connectivity index (χ3n) is 5.76. The van der Waals surface area contributed by atoms with E-state index in [9.17, 15) is 4.79 Å². The first kappa shape index (κ1) is 16.5. The molecule has 0 saturated carbocycles. The molecule has 1 aromatic rings. The molecular formula is C20H30N2O. The van der Waals surface area contributed by atoms with E-state index in [0.29, 0.717) is 17.9 Å². The van der Waals surface area contributed by atoms with Crippen molar-refractivity contribution in [3.8, 4) is 0 Å². The average molecular weight is 314 g/mol. The minimum atomic E-state index is 0.396. The summed E-state index contributed by atoms with van der Waals surface area (Å²) in [5.74, 6) is 0.983. The summed E-state index contributed by atoms with van der Waals surface area (Å²) in [6.07, 6.45) is 5.48. The molecular weight excluding hydrogens is 284 g/mol. The summed E-state index contributed by atoms with van der Waals surface area (Å²) in [5, 5.41) is 0. The van der Waals surface area contributed by atoms with Crippen LogP contribution in [0.1, 0.15) is 56.2 Å². The van der Waals surface area contributed by atoms with Gasteiger partial charge in [-0.05, 0) is 69.7 Å². The summed E-state index contributed by atoms with van der Waals surface area (Å²) < 4.78 is 0. The molecule has 0 unspecified atom stereocenters. The van der Waals surface area contributed by atoms with Crippen LogP contribution in [-0.2, 0) is 4.79 Å². The lowest BCUT2D eigenvalue weighted by atomic mass is 9.91. The molecule has 2 saturated heterocycles. The second-order valence-corrected chi connectivity index (χ2v) is 7.30. The van der Waals surface area contributed by atoms with Crippen molar-refractivity contribution >= 4 is 5.91 Å². The minimum Gasteiger partial charge on any atom is -0.343 e. The van der Waals surface area contributed by atoms with E-state index in [1.165, 1.54) is 24.0 Å². The van der Waals surface area contributed by atoms with E-state index < -0.39 is 0 Å². The predicted molar refractivity (Wildman–Crippen MR) is 94.3 cm³/mol. The van der Waals surface area contributed by atoms with Crippen molar-refractivity contribution in [2.45, 2.75) is 52.0 Å². The molecule has 126 valence electrons. The Balaban J connectivity index is 1.50. The summed E-state index contributed by atoms with van der Waals surface area (Å²) in [6, 6.07) is 9.18. The molecule has 2 heterocycles. The number of benzene rings is 1. The van der Waals surface area contributed by atoms with Gasteiger partial charge in [0, 0.05) is 25.6 Å². The summed E-state index contributed by atoms with van der Waals surface area (Å²) in [4.78, 5) is 17.0. The largest absolute Gasteiger partial charge is 0.343 e. The minimum absolute atomic E-state index is 0.396. The lowest BCUT2D eigenvalue weighted by Gasteiger charge is -2.37. The Morgan fingerprint density at radius 3 is 2.43 bits per heavy atom. The Hall–Kier alpha value is -1.35. The van der Waals surface area contributed by atoms with Crippen LogP contribution in [0.4, 0.5) is 0 Å². The molecule has 0 N–H and O–H groups in total. The molecule has 2 aliphatic rings. The molecule has 0 aromatic heterocycles. The molecule has 3 nitrogen and oxygen atoms in total. The fourth-order valence-electron chi connectivity index (χ4n) is 4.14. The number of piperidine rings is 1. The van der Waals surface area contributed by atoms with Crippen LogP contribution in [-0.4, -0.2) is 41.9 Å². The molecule has 0 aliphatic carbocycles. The van der Waals surface area contributed by atoms with Gasteiger partial charge in [-0.1, -0.05) is 24.3 Å². The number of rotatable bonds is 4. The van der Waals surface area contributed by atoms with Gasteiger partial charge < -0.3 is 4.90 Å². The van der Waals surface area contributed by atoms with E-state index in [1.807, 2.05) is 0 Å². The molecule has 1 amide bonds. The van der Waals surface area contributed by atoms with Gasteiger partial charge in [0.2, 0.25) is 5.91 Å². The van der Waals surface area contributed by atoms with Crippen molar-refractivity contribution in [3.05, 3.63) is 35.4 Å². The van der Waals surface area contributed by atoms with Gasteiger partial charge >= 0.3 is 0 Å². The lowest BCUT2D eigenvalue weighted by Crippen LogP contribution is -2.38. The summed E-state index contributed by atoms with van der Waals surface area (Å²) >= 11 is 0. The molecule has 3 heteroatoms. The molecule has 2 fully saturated rings. The third kappa shape index (κ3) is 3.95. The highest BCUT2D eigenvalue weighted by molar-refractivity contribution is 5.76. The maximum absolute atomic E-state index is 12.3. The Morgan fingerprint density at radius 1 is 1.13 bits per heavy atom. The van der Waals surface area contributed by atoms with Crippen LogP contribution in [0.5, 0.6) is 0 Å². The molecule has 0 radical (unpaired) electrons.